The van der Waals surface area contributed by atoms with Crippen LogP contribution < -0.4 is 20.3 Å². The second-order valence-electron chi connectivity index (χ2n) is 9.83. The summed E-state index contributed by atoms with van der Waals surface area (Å²) in [7, 11) is -2.48. The van der Waals surface area contributed by atoms with Crippen molar-refractivity contribution in [2.75, 3.05) is 54.8 Å². The van der Waals surface area contributed by atoms with E-state index in [0.717, 1.165) is 59.7 Å². The predicted octanol–water partition coefficient (Wildman–Crippen LogP) is 3.94. The third-order valence-corrected chi connectivity index (χ3v) is 9.24. The second-order valence-corrected chi connectivity index (χ2v) is 12.0. The van der Waals surface area contributed by atoms with Crippen LogP contribution in [0.25, 0.3) is 0 Å². The molecular weight excluding hydrogens is 645 g/mol. The number of benzene rings is 2. The fraction of sp³-hybridized carbons (Fsp3) is 0.370. The number of carbonyl (C=O) groups is 1. The van der Waals surface area contributed by atoms with Gasteiger partial charge in [0.1, 0.15) is 17.9 Å². The molecule has 11 nitrogen and oxygen atoms in total. The monoisotopic (exact) mass is 677 g/mol. The summed E-state index contributed by atoms with van der Waals surface area (Å²) in [5.41, 5.74) is 2.53. The van der Waals surface area contributed by atoms with E-state index in [2.05, 4.69) is 53.0 Å². The Morgan fingerprint density at radius 1 is 0.925 bits per heavy atom. The summed E-state index contributed by atoms with van der Waals surface area (Å²) < 4.78 is 31.0. The second kappa shape index (κ2) is 13.1. The highest BCUT2D eigenvalue weighted by molar-refractivity contribution is 14.1. The van der Waals surface area contributed by atoms with E-state index in [1.807, 2.05) is 31.2 Å². The molecule has 2 amide bonds. The number of halogens is 1. The van der Waals surface area contributed by atoms with Crippen LogP contribution in [0.1, 0.15) is 18.4 Å². The summed E-state index contributed by atoms with van der Waals surface area (Å²) in [6, 6.07) is 14.8. The Morgan fingerprint density at radius 3 is 2.27 bits per heavy atom. The maximum atomic E-state index is 12.4. The minimum absolute atomic E-state index is 0.320. The average Bonchev–Trinajstić information content (AvgIpc) is 2.96. The molecule has 2 fully saturated rings. The zero-order valence-corrected chi connectivity index (χ0v) is 25.2. The number of hydrogen-bond donors (Lipinski definition) is 3. The third-order valence-electron chi connectivity index (χ3n) is 7.22. The number of aromatic nitrogens is 2. The number of piperazine rings is 1. The zero-order chi connectivity index (χ0) is 28.1. The fourth-order valence-electron chi connectivity index (χ4n) is 4.95. The van der Waals surface area contributed by atoms with Crippen molar-refractivity contribution in [1.82, 2.24) is 19.2 Å². The highest BCUT2D eigenvalue weighted by Gasteiger charge is 2.28. The number of urea groups is 1. The number of rotatable bonds is 7. The number of anilines is 3. The van der Waals surface area contributed by atoms with Gasteiger partial charge in [-0.05, 0) is 84.3 Å². The van der Waals surface area contributed by atoms with Gasteiger partial charge in [0.15, 0.2) is 0 Å². The minimum Gasteiger partial charge on any atom is -0.439 e. The van der Waals surface area contributed by atoms with Crippen LogP contribution in [0.4, 0.5) is 22.0 Å². The molecule has 0 unspecified atom stereocenters. The van der Waals surface area contributed by atoms with Crippen molar-refractivity contribution in [3.63, 3.8) is 0 Å². The SMILES string of the molecule is Cc1ccc(NC(=O)Nc2ccc(Oc3cc(N4CCC(N5CCN([SH](=O)=O)CC5)CC4)ncn3)cc2)cc1I. The number of ether oxygens (including phenoxy) is 1. The number of nitrogens with zero attached hydrogens (tertiary/aromatic N) is 5. The number of carbonyl (C=O) groups excluding carboxylic acids is 1. The van der Waals surface area contributed by atoms with Gasteiger partial charge in [-0.25, -0.2) is 27.5 Å². The topological polar surface area (TPSA) is 120 Å². The van der Waals surface area contributed by atoms with E-state index in [1.165, 1.54) is 10.6 Å². The molecule has 1 aromatic heterocycles. The maximum Gasteiger partial charge on any atom is 0.323 e. The Kier molecular flexibility index (Phi) is 9.34. The van der Waals surface area contributed by atoms with E-state index < -0.39 is 10.9 Å². The van der Waals surface area contributed by atoms with Crippen molar-refractivity contribution in [2.45, 2.75) is 25.8 Å². The van der Waals surface area contributed by atoms with E-state index in [0.29, 0.717) is 36.4 Å². The first-order chi connectivity index (χ1) is 19.3. The van der Waals surface area contributed by atoms with Crippen LogP contribution in [0.2, 0.25) is 0 Å². The summed E-state index contributed by atoms with van der Waals surface area (Å²) in [6.07, 6.45) is 3.50. The third kappa shape index (κ3) is 7.38. The van der Waals surface area contributed by atoms with Gasteiger partial charge in [-0.15, -0.1) is 0 Å². The molecule has 2 aliphatic heterocycles. The van der Waals surface area contributed by atoms with Crippen LogP contribution in [0.5, 0.6) is 11.6 Å². The largest absolute Gasteiger partial charge is 0.439 e. The molecule has 0 saturated carbocycles. The lowest BCUT2D eigenvalue weighted by Gasteiger charge is -2.41. The highest BCUT2D eigenvalue weighted by Crippen LogP contribution is 2.27. The Morgan fingerprint density at radius 2 is 1.60 bits per heavy atom. The standard InChI is InChI=1S/C27H32IN7O4S/c1-19-2-3-21(16-24(19)28)32-27(36)31-20-4-6-23(7-5-20)39-26-17-25(29-18-30-26)34-10-8-22(9-11-34)33-12-14-35(15-13-33)40(37)38/h2-7,16-18,22,40H,8-15H2,1H3,(H2,31,32,36). The van der Waals surface area contributed by atoms with E-state index in [4.69, 9.17) is 4.74 Å². The lowest BCUT2D eigenvalue weighted by molar-refractivity contribution is 0.121. The van der Waals surface area contributed by atoms with Crippen LogP contribution in [-0.4, -0.2) is 78.9 Å². The molecule has 0 bridgehead atoms. The van der Waals surface area contributed by atoms with Crippen molar-refractivity contribution in [1.29, 1.82) is 0 Å². The van der Waals surface area contributed by atoms with Crippen LogP contribution >= 0.6 is 22.6 Å². The number of nitrogens with one attached hydrogen (secondary N) is 2. The molecule has 0 spiro atoms. The lowest BCUT2D eigenvalue weighted by Crippen LogP contribution is -2.52. The van der Waals surface area contributed by atoms with Gasteiger partial charge in [0.05, 0.1) is 0 Å². The van der Waals surface area contributed by atoms with Gasteiger partial charge in [-0.1, -0.05) is 6.07 Å². The molecule has 0 atom stereocenters. The summed E-state index contributed by atoms with van der Waals surface area (Å²) in [5, 5.41) is 5.67. The smallest absolute Gasteiger partial charge is 0.323 e. The van der Waals surface area contributed by atoms with E-state index in [-0.39, 0.29) is 6.03 Å². The summed E-state index contributed by atoms with van der Waals surface area (Å²) in [6.45, 7) is 6.46. The molecule has 2 aromatic carbocycles. The first-order valence-electron chi connectivity index (χ1n) is 13.2. The molecule has 3 aromatic rings. The average molecular weight is 678 g/mol. The minimum atomic E-state index is -2.48. The molecule has 40 heavy (non-hydrogen) atoms. The van der Waals surface area contributed by atoms with Gasteiger partial charge < -0.3 is 20.3 Å². The normalized spacial score (nSPS) is 17.1. The van der Waals surface area contributed by atoms with Crippen molar-refractivity contribution in [2.24, 2.45) is 0 Å². The number of aryl methyl sites for hydroxylation is 1. The number of thiol groups is 1. The lowest BCUT2D eigenvalue weighted by atomic mass is 10.0. The van der Waals surface area contributed by atoms with Crippen molar-refractivity contribution >= 4 is 56.7 Å². The van der Waals surface area contributed by atoms with Gasteiger partial charge in [-0.3, -0.25) is 4.90 Å². The molecule has 5 rings (SSSR count). The summed E-state index contributed by atoms with van der Waals surface area (Å²) in [5.74, 6) is 1.86. The van der Waals surface area contributed by atoms with Gasteiger partial charge in [-0.2, -0.15) is 0 Å². The molecule has 212 valence electrons. The van der Waals surface area contributed by atoms with E-state index in [9.17, 15) is 13.2 Å². The van der Waals surface area contributed by atoms with E-state index >= 15 is 0 Å². The molecule has 0 radical (unpaired) electrons. The number of amides is 2. The van der Waals surface area contributed by atoms with Crippen LogP contribution in [0.3, 0.4) is 0 Å². The molecule has 13 heteroatoms. The van der Waals surface area contributed by atoms with Crippen LogP contribution in [0, 0.1) is 10.5 Å². The summed E-state index contributed by atoms with van der Waals surface area (Å²) >= 11 is 2.24. The first-order valence-corrected chi connectivity index (χ1v) is 15.4. The molecule has 3 heterocycles. The molecule has 2 saturated heterocycles. The van der Waals surface area contributed by atoms with Crippen molar-refractivity contribution < 1.29 is 17.9 Å². The van der Waals surface area contributed by atoms with Gasteiger partial charge in [0.25, 0.3) is 0 Å². The fourth-order valence-corrected chi connectivity index (χ4v) is 5.97. The zero-order valence-electron chi connectivity index (χ0n) is 22.1. The van der Waals surface area contributed by atoms with Crippen LogP contribution in [-0.2, 0) is 10.9 Å². The van der Waals surface area contributed by atoms with E-state index in [1.54, 1.807) is 24.3 Å². The highest BCUT2D eigenvalue weighted by atomic mass is 127. The maximum absolute atomic E-state index is 12.4. The summed E-state index contributed by atoms with van der Waals surface area (Å²) in [4.78, 5) is 25.7. The van der Waals surface area contributed by atoms with Crippen LogP contribution in [0.15, 0.2) is 54.9 Å². The quantitative estimate of drug-likeness (QED) is 0.254. The number of hydrogen-bond acceptors (Lipinski definition) is 8. The van der Waals surface area contributed by atoms with Gasteiger partial charge in [0.2, 0.25) is 16.8 Å². The first kappa shape index (κ1) is 28.5. The Bertz CT molecular complexity index is 1400. The van der Waals surface area contributed by atoms with Gasteiger partial charge >= 0.3 is 6.03 Å². The Labute approximate surface area is 249 Å². The molecular formula is C27H32IN7O4S. The van der Waals surface area contributed by atoms with Gasteiger partial charge in [0, 0.05) is 66.3 Å². The predicted molar refractivity (Wildman–Crippen MR) is 164 cm³/mol. The molecule has 0 aliphatic carbocycles. The number of piperidine rings is 1. The molecule has 2 N–H and O–H groups in total. The van der Waals surface area contributed by atoms with Crippen molar-refractivity contribution in [3.8, 4) is 11.6 Å². The Balaban J connectivity index is 1.11. The van der Waals surface area contributed by atoms with Crippen molar-refractivity contribution in [3.05, 3.63) is 64.0 Å². The Hall–Kier alpha value is -3.01. The molecule has 2 aliphatic rings.